The van der Waals surface area contributed by atoms with Crippen LogP contribution in [0, 0.1) is 11.8 Å². The van der Waals surface area contributed by atoms with Gasteiger partial charge in [-0.2, -0.15) is 0 Å². The molecule has 0 aliphatic carbocycles. The third-order valence-corrected chi connectivity index (χ3v) is 5.00. The molecule has 0 saturated heterocycles. The summed E-state index contributed by atoms with van der Waals surface area (Å²) < 4.78 is 6.40. The fourth-order valence-electron chi connectivity index (χ4n) is 2.66. The minimum absolute atomic E-state index is 0.0840. The van der Waals surface area contributed by atoms with Gasteiger partial charge in [-0.1, -0.05) is 43.6 Å². The molecule has 0 atom stereocenters. The van der Waals surface area contributed by atoms with E-state index in [0.717, 1.165) is 17.3 Å². The van der Waals surface area contributed by atoms with Gasteiger partial charge in [-0.3, -0.25) is 9.59 Å². The Morgan fingerprint density at radius 3 is 2.38 bits per heavy atom. The van der Waals surface area contributed by atoms with Crippen LogP contribution in [0.4, 0.5) is 0 Å². The second-order valence-corrected chi connectivity index (χ2v) is 8.90. The lowest BCUT2D eigenvalue weighted by molar-refractivity contribution is 0.0720. The van der Waals surface area contributed by atoms with E-state index in [0.29, 0.717) is 36.4 Å². The van der Waals surface area contributed by atoms with Gasteiger partial charge in [-0.15, -0.1) is 0 Å². The van der Waals surface area contributed by atoms with E-state index in [1.807, 2.05) is 12.1 Å². The number of hydrogen-bond donors (Lipinski definition) is 1. The summed E-state index contributed by atoms with van der Waals surface area (Å²) >= 11 is 3.39. The molecule has 6 nitrogen and oxygen atoms in total. The Labute approximate surface area is 181 Å². The highest BCUT2D eigenvalue weighted by molar-refractivity contribution is 9.10. The summed E-state index contributed by atoms with van der Waals surface area (Å²) in [6.45, 7) is 9.86. The molecule has 0 bridgehead atoms. The summed E-state index contributed by atoms with van der Waals surface area (Å²) in [6, 6.07) is 7.27. The lowest BCUT2D eigenvalue weighted by atomic mass is 10.1. The first kappa shape index (κ1) is 23.1. The number of nitrogens with zero attached hydrogens (tertiary/aromatic N) is 2. The molecule has 2 amide bonds. The van der Waals surface area contributed by atoms with Crippen LogP contribution in [0.2, 0.25) is 0 Å². The Kier molecular flexibility index (Phi) is 8.89. The molecule has 1 aromatic heterocycles. The largest absolute Gasteiger partial charge is 0.446 e. The van der Waals surface area contributed by atoms with E-state index >= 15 is 0 Å². The second-order valence-electron chi connectivity index (χ2n) is 7.98. The lowest BCUT2D eigenvalue weighted by Crippen LogP contribution is -2.32. The Morgan fingerprint density at radius 1 is 1.10 bits per heavy atom. The first-order chi connectivity index (χ1) is 13.8. The summed E-state index contributed by atoms with van der Waals surface area (Å²) in [5.74, 6) is 0.991. The predicted molar refractivity (Wildman–Crippen MR) is 117 cm³/mol. The quantitative estimate of drug-likeness (QED) is 0.543. The van der Waals surface area contributed by atoms with Crippen molar-refractivity contribution in [1.29, 1.82) is 0 Å². The summed E-state index contributed by atoms with van der Waals surface area (Å²) in [5, 5.41) is 2.84. The molecule has 158 valence electrons. The third-order valence-electron chi connectivity index (χ3n) is 4.47. The maximum absolute atomic E-state index is 13.0. The topological polar surface area (TPSA) is 75.4 Å². The predicted octanol–water partition coefficient (Wildman–Crippen LogP) is 4.90. The molecule has 0 unspecified atom stereocenters. The molecule has 0 spiro atoms. The molecule has 0 radical (unpaired) electrons. The number of halogens is 1. The molecule has 0 fully saturated rings. The van der Waals surface area contributed by atoms with Crippen molar-refractivity contribution in [1.82, 2.24) is 15.2 Å². The van der Waals surface area contributed by atoms with E-state index in [2.05, 4.69) is 53.9 Å². The zero-order valence-corrected chi connectivity index (χ0v) is 19.2. The Morgan fingerprint density at radius 2 is 1.76 bits per heavy atom. The van der Waals surface area contributed by atoms with E-state index in [9.17, 15) is 9.59 Å². The van der Waals surface area contributed by atoms with Gasteiger partial charge in [0, 0.05) is 23.1 Å². The Bertz CT molecular complexity index is 800. The van der Waals surface area contributed by atoms with Gasteiger partial charge in [0.2, 0.25) is 5.89 Å². The lowest BCUT2D eigenvalue weighted by Gasteiger charge is -2.22. The number of amides is 2. The molecule has 1 heterocycles. The van der Waals surface area contributed by atoms with Gasteiger partial charge in [0.25, 0.3) is 11.8 Å². The van der Waals surface area contributed by atoms with Crippen LogP contribution in [-0.2, 0) is 6.54 Å². The number of carbonyl (C=O) groups is 2. The molecule has 0 saturated carbocycles. The molecule has 0 aliphatic rings. The Balaban J connectivity index is 2.06. The first-order valence-corrected chi connectivity index (χ1v) is 10.8. The van der Waals surface area contributed by atoms with Crippen LogP contribution >= 0.6 is 15.9 Å². The van der Waals surface area contributed by atoms with Gasteiger partial charge >= 0.3 is 0 Å². The Hall–Kier alpha value is -2.15. The number of hydrogen-bond acceptors (Lipinski definition) is 4. The van der Waals surface area contributed by atoms with Crippen LogP contribution in [0.5, 0.6) is 0 Å². The van der Waals surface area contributed by atoms with Crippen LogP contribution in [0.1, 0.15) is 67.3 Å². The van der Waals surface area contributed by atoms with Gasteiger partial charge < -0.3 is 14.6 Å². The van der Waals surface area contributed by atoms with E-state index in [1.54, 1.807) is 17.0 Å². The number of nitrogens with one attached hydrogen (secondary N) is 1. The van der Waals surface area contributed by atoms with Crippen LogP contribution in [0.3, 0.4) is 0 Å². The maximum Gasteiger partial charge on any atom is 0.273 e. The minimum Gasteiger partial charge on any atom is -0.446 e. The van der Waals surface area contributed by atoms with Crippen molar-refractivity contribution in [2.45, 2.75) is 47.1 Å². The third kappa shape index (κ3) is 7.65. The number of rotatable bonds is 10. The fourth-order valence-corrected chi connectivity index (χ4v) is 2.92. The van der Waals surface area contributed by atoms with Crippen molar-refractivity contribution in [3.05, 3.63) is 52.1 Å². The summed E-state index contributed by atoms with van der Waals surface area (Å²) in [5.41, 5.74) is 0.846. The van der Waals surface area contributed by atoms with Crippen molar-refractivity contribution in [3.63, 3.8) is 0 Å². The van der Waals surface area contributed by atoms with Crippen molar-refractivity contribution in [2.75, 3.05) is 13.1 Å². The molecule has 0 aliphatic heterocycles. The highest BCUT2D eigenvalue weighted by Crippen LogP contribution is 2.16. The smallest absolute Gasteiger partial charge is 0.273 e. The highest BCUT2D eigenvalue weighted by Gasteiger charge is 2.20. The molecular weight excluding hydrogens is 434 g/mol. The number of benzene rings is 1. The molecule has 1 aromatic carbocycles. The normalized spacial score (nSPS) is 11.1. The monoisotopic (exact) mass is 463 g/mol. The van der Waals surface area contributed by atoms with Crippen LogP contribution in [0.15, 0.2) is 39.4 Å². The number of carbonyl (C=O) groups excluding carboxylic acids is 2. The number of aromatic nitrogens is 1. The number of oxazole rings is 1. The fraction of sp³-hybridized carbons (Fsp3) is 0.500. The van der Waals surface area contributed by atoms with Gasteiger partial charge in [0.15, 0.2) is 5.69 Å². The maximum atomic E-state index is 13.0. The first-order valence-electron chi connectivity index (χ1n) is 10.0. The van der Waals surface area contributed by atoms with E-state index in [4.69, 9.17) is 4.42 Å². The zero-order valence-electron chi connectivity index (χ0n) is 17.6. The minimum atomic E-state index is -0.256. The van der Waals surface area contributed by atoms with Crippen LogP contribution in [-0.4, -0.2) is 34.8 Å². The van der Waals surface area contributed by atoms with Gasteiger partial charge in [0.1, 0.15) is 6.26 Å². The summed E-state index contributed by atoms with van der Waals surface area (Å²) in [7, 11) is 0. The van der Waals surface area contributed by atoms with Crippen molar-refractivity contribution < 1.29 is 14.0 Å². The van der Waals surface area contributed by atoms with Crippen molar-refractivity contribution in [3.8, 4) is 0 Å². The van der Waals surface area contributed by atoms with Gasteiger partial charge in [-0.05, 0) is 48.9 Å². The van der Waals surface area contributed by atoms with Crippen LogP contribution < -0.4 is 5.32 Å². The van der Waals surface area contributed by atoms with Crippen molar-refractivity contribution in [2.24, 2.45) is 11.8 Å². The van der Waals surface area contributed by atoms with Gasteiger partial charge in [-0.25, -0.2) is 4.98 Å². The molecule has 2 aromatic rings. The van der Waals surface area contributed by atoms with Crippen LogP contribution in [0.25, 0.3) is 0 Å². The summed E-state index contributed by atoms with van der Waals surface area (Å²) in [4.78, 5) is 31.2. The van der Waals surface area contributed by atoms with Gasteiger partial charge in [0.05, 0.1) is 6.54 Å². The van der Waals surface area contributed by atoms with Crippen molar-refractivity contribution >= 4 is 27.7 Å². The average Bonchev–Trinajstić information content (AvgIpc) is 3.13. The average molecular weight is 464 g/mol. The summed E-state index contributed by atoms with van der Waals surface area (Å²) in [6.07, 6.45) is 3.12. The molecule has 2 rings (SSSR count). The van der Waals surface area contributed by atoms with E-state index in [1.165, 1.54) is 6.26 Å². The molecule has 29 heavy (non-hydrogen) atoms. The zero-order chi connectivity index (χ0) is 21.4. The molecule has 1 N–H and O–H groups in total. The SMILES string of the molecule is CC(C)CCNC(=O)c1coc(CN(CCC(C)C)C(=O)c2ccc(Br)cc2)n1. The van der Waals surface area contributed by atoms with E-state index < -0.39 is 0 Å². The molecular formula is C22H30BrN3O3. The standard InChI is InChI=1S/C22H30BrN3O3/c1-15(2)9-11-24-21(27)19-14-29-20(25-19)13-26(12-10-16(3)4)22(28)17-5-7-18(23)8-6-17/h5-8,14-16H,9-13H2,1-4H3,(H,24,27). The molecule has 7 heteroatoms. The second kappa shape index (κ2) is 11.1. The highest BCUT2D eigenvalue weighted by atomic mass is 79.9. The van der Waals surface area contributed by atoms with E-state index in [-0.39, 0.29) is 24.1 Å².